The Labute approximate surface area is 119 Å². The zero-order valence-corrected chi connectivity index (χ0v) is 12.7. The predicted molar refractivity (Wildman–Crippen MR) is 70.7 cm³/mol. The maximum absolute atomic E-state index is 13.7. The van der Waals surface area contributed by atoms with Crippen molar-refractivity contribution in [2.75, 3.05) is 13.6 Å². The molecule has 0 fully saturated rings. The number of hydrogen-bond acceptors (Lipinski definition) is 3. The largest absolute Gasteiger partial charge is 0.481 e. The van der Waals surface area contributed by atoms with Crippen molar-refractivity contribution in [3.05, 3.63) is 28.5 Å². The molecule has 1 aromatic rings. The van der Waals surface area contributed by atoms with Crippen LogP contribution in [0.3, 0.4) is 0 Å². The Morgan fingerprint density at radius 1 is 1.53 bits per heavy atom. The van der Waals surface area contributed by atoms with Gasteiger partial charge in [0, 0.05) is 18.1 Å². The van der Waals surface area contributed by atoms with E-state index in [0.717, 1.165) is 16.4 Å². The van der Waals surface area contributed by atoms with Crippen molar-refractivity contribution in [1.29, 1.82) is 0 Å². The Hall–Kier alpha value is -0.990. The van der Waals surface area contributed by atoms with Crippen LogP contribution in [0, 0.1) is 11.7 Å². The quantitative estimate of drug-likeness (QED) is 0.877. The smallest absolute Gasteiger partial charge is 0.307 e. The van der Waals surface area contributed by atoms with Crippen LogP contribution in [-0.4, -0.2) is 37.4 Å². The Morgan fingerprint density at radius 3 is 2.58 bits per heavy atom. The summed E-state index contributed by atoms with van der Waals surface area (Å²) >= 11 is 3.03. The second-order valence-electron chi connectivity index (χ2n) is 4.10. The lowest BCUT2D eigenvalue weighted by Crippen LogP contribution is -2.34. The maximum Gasteiger partial charge on any atom is 0.307 e. The highest BCUT2D eigenvalue weighted by molar-refractivity contribution is 9.10. The van der Waals surface area contributed by atoms with Gasteiger partial charge in [0.2, 0.25) is 10.0 Å². The van der Waals surface area contributed by atoms with E-state index in [9.17, 15) is 17.6 Å². The molecule has 1 aromatic carbocycles. The maximum atomic E-state index is 13.7. The average molecular weight is 354 g/mol. The highest BCUT2D eigenvalue weighted by Gasteiger charge is 2.27. The van der Waals surface area contributed by atoms with Gasteiger partial charge >= 0.3 is 5.97 Å². The normalized spacial score (nSPS) is 13.5. The molecular formula is C11H13BrFNO4S. The van der Waals surface area contributed by atoms with Gasteiger partial charge < -0.3 is 5.11 Å². The monoisotopic (exact) mass is 353 g/mol. The molecular weight excluding hydrogens is 341 g/mol. The van der Waals surface area contributed by atoms with Crippen molar-refractivity contribution < 1.29 is 22.7 Å². The van der Waals surface area contributed by atoms with Crippen molar-refractivity contribution in [1.82, 2.24) is 4.31 Å². The molecule has 0 radical (unpaired) electrons. The average Bonchev–Trinajstić information content (AvgIpc) is 2.27. The zero-order chi connectivity index (χ0) is 14.8. The molecule has 0 spiro atoms. The summed E-state index contributed by atoms with van der Waals surface area (Å²) < 4.78 is 39.1. The predicted octanol–water partition coefficient (Wildman–Crippen LogP) is 1.93. The third-order valence-electron chi connectivity index (χ3n) is 2.53. The highest BCUT2D eigenvalue weighted by atomic mass is 79.9. The van der Waals surface area contributed by atoms with Gasteiger partial charge in [-0.25, -0.2) is 12.8 Å². The fourth-order valence-corrected chi connectivity index (χ4v) is 3.05. The van der Waals surface area contributed by atoms with Gasteiger partial charge in [-0.05, 0) is 18.2 Å². The van der Waals surface area contributed by atoms with E-state index in [2.05, 4.69) is 15.9 Å². The standard InChI is InChI=1S/C11H13BrFNO4S/c1-7(11(15)16)6-14(2)19(17,18)10-4-3-8(12)5-9(10)13/h3-5,7H,6H2,1-2H3,(H,15,16). The van der Waals surface area contributed by atoms with Crippen LogP contribution < -0.4 is 0 Å². The molecule has 1 unspecified atom stereocenters. The molecule has 5 nitrogen and oxygen atoms in total. The fourth-order valence-electron chi connectivity index (χ4n) is 1.41. The first-order valence-electron chi connectivity index (χ1n) is 5.30. The van der Waals surface area contributed by atoms with Crippen LogP contribution in [0.1, 0.15) is 6.92 Å². The van der Waals surface area contributed by atoms with Gasteiger partial charge in [0.1, 0.15) is 10.7 Å². The van der Waals surface area contributed by atoms with Crippen LogP contribution in [0.25, 0.3) is 0 Å². The van der Waals surface area contributed by atoms with Crippen molar-refractivity contribution in [2.45, 2.75) is 11.8 Å². The number of benzene rings is 1. The Kier molecular flexibility index (Phi) is 5.05. The van der Waals surface area contributed by atoms with Gasteiger partial charge in [0.25, 0.3) is 0 Å². The number of halogens is 2. The molecule has 0 aliphatic rings. The minimum Gasteiger partial charge on any atom is -0.481 e. The Bertz CT molecular complexity index is 590. The second kappa shape index (κ2) is 5.98. The molecule has 0 heterocycles. The molecule has 8 heteroatoms. The lowest BCUT2D eigenvalue weighted by atomic mass is 10.2. The summed E-state index contributed by atoms with van der Waals surface area (Å²) in [7, 11) is -2.82. The number of aliphatic carboxylic acids is 1. The molecule has 1 atom stereocenters. The molecule has 0 amide bonds. The van der Waals surface area contributed by atoms with E-state index in [0.29, 0.717) is 4.47 Å². The van der Waals surface area contributed by atoms with Gasteiger partial charge in [-0.1, -0.05) is 22.9 Å². The molecule has 0 aliphatic carbocycles. The number of nitrogens with zero attached hydrogens (tertiary/aromatic N) is 1. The van der Waals surface area contributed by atoms with Crippen LogP contribution in [0.2, 0.25) is 0 Å². The Morgan fingerprint density at radius 2 is 2.11 bits per heavy atom. The highest BCUT2D eigenvalue weighted by Crippen LogP contribution is 2.22. The first kappa shape index (κ1) is 16.1. The number of sulfonamides is 1. The van der Waals surface area contributed by atoms with Crippen LogP contribution >= 0.6 is 15.9 Å². The number of carboxylic acids is 1. The topological polar surface area (TPSA) is 74.7 Å². The van der Waals surface area contributed by atoms with Crippen LogP contribution in [-0.2, 0) is 14.8 Å². The molecule has 0 bridgehead atoms. The summed E-state index contributed by atoms with van der Waals surface area (Å²) in [6.45, 7) is 1.15. The summed E-state index contributed by atoms with van der Waals surface area (Å²) in [4.78, 5) is 10.2. The van der Waals surface area contributed by atoms with Crippen molar-refractivity contribution >= 4 is 31.9 Å². The summed E-state index contributed by atoms with van der Waals surface area (Å²) in [5.74, 6) is -2.87. The first-order chi connectivity index (χ1) is 8.66. The lowest BCUT2D eigenvalue weighted by molar-refractivity contribution is -0.141. The summed E-state index contributed by atoms with van der Waals surface area (Å²) in [6.07, 6.45) is 0. The summed E-state index contributed by atoms with van der Waals surface area (Å²) in [5.41, 5.74) is 0. The van der Waals surface area contributed by atoms with Crippen LogP contribution in [0.15, 0.2) is 27.6 Å². The van der Waals surface area contributed by atoms with E-state index < -0.39 is 32.6 Å². The molecule has 0 aliphatic heterocycles. The van der Waals surface area contributed by atoms with Gasteiger partial charge in [-0.3, -0.25) is 4.79 Å². The molecule has 0 aromatic heterocycles. The third kappa shape index (κ3) is 3.74. The third-order valence-corrected chi connectivity index (χ3v) is 4.88. The van der Waals surface area contributed by atoms with Gasteiger partial charge in [0.05, 0.1) is 5.92 Å². The van der Waals surface area contributed by atoms with Crippen molar-refractivity contribution in [3.8, 4) is 0 Å². The van der Waals surface area contributed by atoms with E-state index in [1.807, 2.05) is 0 Å². The van der Waals surface area contributed by atoms with E-state index >= 15 is 0 Å². The van der Waals surface area contributed by atoms with E-state index in [1.165, 1.54) is 20.0 Å². The number of carboxylic acid groups (broad SMARTS) is 1. The minimum atomic E-state index is -4.04. The van der Waals surface area contributed by atoms with E-state index in [1.54, 1.807) is 0 Å². The summed E-state index contributed by atoms with van der Waals surface area (Å²) in [6, 6.07) is 3.59. The van der Waals surface area contributed by atoms with Crippen molar-refractivity contribution in [2.24, 2.45) is 5.92 Å². The SMILES string of the molecule is CC(CN(C)S(=O)(=O)c1ccc(Br)cc1F)C(=O)O. The number of rotatable bonds is 5. The van der Waals surface area contributed by atoms with E-state index in [4.69, 9.17) is 5.11 Å². The first-order valence-corrected chi connectivity index (χ1v) is 7.53. The van der Waals surface area contributed by atoms with Gasteiger partial charge in [-0.2, -0.15) is 4.31 Å². The molecule has 1 N–H and O–H groups in total. The number of carbonyl (C=O) groups is 1. The van der Waals surface area contributed by atoms with Crippen molar-refractivity contribution in [3.63, 3.8) is 0 Å². The zero-order valence-electron chi connectivity index (χ0n) is 10.3. The molecule has 0 saturated carbocycles. The molecule has 106 valence electrons. The molecule has 0 saturated heterocycles. The fraction of sp³-hybridized carbons (Fsp3) is 0.364. The van der Waals surface area contributed by atoms with Crippen LogP contribution in [0.4, 0.5) is 4.39 Å². The molecule has 1 rings (SSSR count). The summed E-state index contributed by atoms with van der Waals surface area (Å²) in [5, 5.41) is 8.76. The van der Waals surface area contributed by atoms with Gasteiger partial charge in [-0.15, -0.1) is 0 Å². The van der Waals surface area contributed by atoms with E-state index in [-0.39, 0.29) is 6.54 Å². The number of hydrogen-bond donors (Lipinski definition) is 1. The lowest BCUT2D eigenvalue weighted by Gasteiger charge is -2.19. The minimum absolute atomic E-state index is 0.229. The molecule has 19 heavy (non-hydrogen) atoms. The second-order valence-corrected chi connectivity index (χ2v) is 7.03. The Balaban J connectivity index is 3.06. The van der Waals surface area contributed by atoms with Gasteiger partial charge in [0.15, 0.2) is 0 Å². The van der Waals surface area contributed by atoms with Crippen LogP contribution in [0.5, 0.6) is 0 Å².